The average molecular weight is 378 g/mol. The van der Waals surface area contributed by atoms with Gasteiger partial charge in [0.05, 0.1) is 24.8 Å². The lowest BCUT2D eigenvalue weighted by Crippen LogP contribution is -2.08. The van der Waals surface area contributed by atoms with E-state index in [-0.39, 0.29) is 0 Å². The number of fused-ring (bicyclic) bond motifs is 1. The van der Waals surface area contributed by atoms with Crippen LogP contribution in [0.25, 0.3) is 10.8 Å². The zero-order valence-electron chi connectivity index (χ0n) is 15.9. The van der Waals surface area contributed by atoms with E-state index in [0.717, 1.165) is 29.4 Å². The maximum Gasteiger partial charge on any atom is 0.343 e. The fraction of sp³-hybridized carbons (Fsp3) is 0.217. The van der Waals surface area contributed by atoms with Crippen LogP contribution in [0, 0.1) is 0 Å². The second-order valence-electron chi connectivity index (χ2n) is 6.33. The summed E-state index contributed by atoms with van der Waals surface area (Å²) in [5, 5.41) is 1.92. The number of ether oxygens (including phenoxy) is 3. The van der Waals surface area contributed by atoms with Gasteiger partial charge >= 0.3 is 11.9 Å². The van der Waals surface area contributed by atoms with Crippen LogP contribution in [0.5, 0.6) is 11.5 Å². The molecule has 3 aromatic rings. The van der Waals surface area contributed by atoms with Crippen LogP contribution in [0.1, 0.15) is 40.5 Å². The van der Waals surface area contributed by atoms with Crippen molar-refractivity contribution < 1.29 is 23.8 Å². The number of hydrogen-bond donors (Lipinski definition) is 0. The largest absolute Gasteiger partial charge is 0.494 e. The van der Waals surface area contributed by atoms with Crippen molar-refractivity contribution in [2.75, 3.05) is 13.7 Å². The Balaban J connectivity index is 1.71. The Morgan fingerprint density at radius 2 is 1.43 bits per heavy atom. The lowest BCUT2D eigenvalue weighted by atomic mass is 10.1. The van der Waals surface area contributed by atoms with Crippen LogP contribution >= 0.6 is 0 Å². The average Bonchev–Trinajstić information content (AvgIpc) is 2.73. The van der Waals surface area contributed by atoms with Gasteiger partial charge in [-0.2, -0.15) is 0 Å². The molecule has 28 heavy (non-hydrogen) atoms. The molecular weight excluding hydrogens is 356 g/mol. The highest BCUT2D eigenvalue weighted by Crippen LogP contribution is 2.23. The van der Waals surface area contributed by atoms with Gasteiger partial charge in [0.1, 0.15) is 11.5 Å². The van der Waals surface area contributed by atoms with Crippen LogP contribution in [0.4, 0.5) is 0 Å². The fourth-order valence-corrected chi connectivity index (χ4v) is 2.72. The summed E-state index contributed by atoms with van der Waals surface area (Å²) in [4.78, 5) is 23.9. The van der Waals surface area contributed by atoms with E-state index in [0.29, 0.717) is 23.5 Å². The lowest BCUT2D eigenvalue weighted by molar-refractivity contribution is 0.0600. The Bertz CT molecular complexity index is 976. The summed E-state index contributed by atoms with van der Waals surface area (Å²) in [5.74, 6) is 0.279. The summed E-state index contributed by atoms with van der Waals surface area (Å²) in [6.45, 7) is 2.82. The van der Waals surface area contributed by atoms with E-state index in [1.54, 1.807) is 36.4 Å². The molecule has 0 heterocycles. The first-order valence-electron chi connectivity index (χ1n) is 9.18. The number of benzene rings is 3. The third-order valence-corrected chi connectivity index (χ3v) is 4.30. The molecule has 0 radical (unpaired) electrons. The number of hydrogen-bond acceptors (Lipinski definition) is 5. The molecule has 3 rings (SSSR count). The Hall–Kier alpha value is -3.34. The number of rotatable bonds is 7. The van der Waals surface area contributed by atoms with Crippen molar-refractivity contribution in [3.8, 4) is 11.5 Å². The van der Waals surface area contributed by atoms with Gasteiger partial charge in [-0.15, -0.1) is 0 Å². The van der Waals surface area contributed by atoms with E-state index in [2.05, 4.69) is 11.7 Å². The molecule has 0 aliphatic heterocycles. The van der Waals surface area contributed by atoms with E-state index < -0.39 is 11.9 Å². The third kappa shape index (κ3) is 4.68. The van der Waals surface area contributed by atoms with Gasteiger partial charge in [-0.25, -0.2) is 9.59 Å². The Kier molecular flexibility index (Phi) is 6.27. The predicted molar refractivity (Wildman–Crippen MR) is 107 cm³/mol. The van der Waals surface area contributed by atoms with Crippen molar-refractivity contribution in [3.63, 3.8) is 0 Å². The van der Waals surface area contributed by atoms with Gasteiger partial charge in [-0.3, -0.25) is 0 Å². The zero-order chi connectivity index (χ0) is 19.9. The van der Waals surface area contributed by atoms with E-state index >= 15 is 0 Å². The van der Waals surface area contributed by atoms with Crippen LogP contribution in [-0.2, 0) is 4.74 Å². The minimum absolute atomic E-state index is 0.359. The summed E-state index contributed by atoms with van der Waals surface area (Å²) in [6, 6.07) is 17.4. The van der Waals surface area contributed by atoms with E-state index in [1.165, 1.54) is 7.11 Å². The molecule has 0 saturated carbocycles. The quantitative estimate of drug-likeness (QED) is 0.328. The van der Waals surface area contributed by atoms with Gasteiger partial charge in [-0.05, 0) is 65.7 Å². The molecule has 0 aliphatic rings. The van der Waals surface area contributed by atoms with E-state index in [9.17, 15) is 9.59 Å². The number of carbonyl (C=O) groups is 2. The minimum Gasteiger partial charge on any atom is -0.494 e. The van der Waals surface area contributed by atoms with Gasteiger partial charge in [0.2, 0.25) is 0 Å². The van der Waals surface area contributed by atoms with Crippen molar-refractivity contribution in [1.29, 1.82) is 0 Å². The molecule has 5 nitrogen and oxygen atoms in total. The maximum absolute atomic E-state index is 12.4. The van der Waals surface area contributed by atoms with Gasteiger partial charge < -0.3 is 14.2 Å². The lowest BCUT2D eigenvalue weighted by Gasteiger charge is -2.08. The Morgan fingerprint density at radius 3 is 2.14 bits per heavy atom. The molecule has 0 aromatic heterocycles. The zero-order valence-corrected chi connectivity index (χ0v) is 15.9. The maximum atomic E-state index is 12.4. The molecule has 0 amide bonds. The van der Waals surface area contributed by atoms with Crippen LogP contribution in [0.15, 0.2) is 60.7 Å². The smallest absolute Gasteiger partial charge is 0.343 e. The van der Waals surface area contributed by atoms with Gasteiger partial charge in [0, 0.05) is 0 Å². The summed E-state index contributed by atoms with van der Waals surface area (Å²) >= 11 is 0. The van der Waals surface area contributed by atoms with Gasteiger partial charge in [0.25, 0.3) is 0 Å². The number of esters is 2. The molecule has 5 heteroatoms. The second kappa shape index (κ2) is 9.04. The van der Waals surface area contributed by atoms with Crippen LogP contribution in [0.3, 0.4) is 0 Å². The summed E-state index contributed by atoms with van der Waals surface area (Å²) in [7, 11) is 1.32. The summed E-state index contributed by atoms with van der Waals surface area (Å²) in [5.41, 5.74) is 0.842. The molecule has 0 atom stereocenters. The SMILES string of the molecule is CCCCOc1ccc2cc(C(=O)Oc3ccc(C(=O)OC)cc3)ccc2c1. The molecular formula is C23H22O5. The van der Waals surface area contributed by atoms with E-state index in [1.807, 2.05) is 24.3 Å². The molecule has 0 spiro atoms. The summed E-state index contributed by atoms with van der Waals surface area (Å²) in [6.07, 6.45) is 2.11. The number of carbonyl (C=O) groups excluding carboxylic acids is 2. The van der Waals surface area contributed by atoms with Crippen molar-refractivity contribution in [2.45, 2.75) is 19.8 Å². The van der Waals surface area contributed by atoms with Crippen molar-refractivity contribution in [3.05, 3.63) is 71.8 Å². The van der Waals surface area contributed by atoms with Crippen LogP contribution < -0.4 is 9.47 Å². The highest BCUT2D eigenvalue weighted by Gasteiger charge is 2.11. The summed E-state index contributed by atoms with van der Waals surface area (Å²) < 4.78 is 15.8. The number of unbranched alkanes of at least 4 members (excludes halogenated alkanes) is 1. The molecule has 0 saturated heterocycles. The fourth-order valence-electron chi connectivity index (χ4n) is 2.72. The van der Waals surface area contributed by atoms with Crippen molar-refractivity contribution in [2.24, 2.45) is 0 Å². The Labute approximate surface area is 163 Å². The van der Waals surface area contributed by atoms with Crippen molar-refractivity contribution in [1.82, 2.24) is 0 Å². The van der Waals surface area contributed by atoms with Crippen LogP contribution in [-0.4, -0.2) is 25.7 Å². The molecule has 0 unspecified atom stereocenters. The van der Waals surface area contributed by atoms with Gasteiger partial charge in [0.15, 0.2) is 0 Å². The number of methoxy groups -OCH3 is 1. The first kappa shape index (κ1) is 19.4. The molecule has 0 bridgehead atoms. The highest BCUT2D eigenvalue weighted by molar-refractivity contribution is 5.97. The Morgan fingerprint density at radius 1 is 0.786 bits per heavy atom. The minimum atomic E-state index is -0.462. The second-order valence-corrected chi connectivity index (χ2v) is 6.33. The topological polar surface area (TPSA) is 61.8 Å². The molecule has 0 aliphatic carbocycles. The van der Waals surface area contributed by atoms with E-state index in [4.69, 9.17) is 9.47 Å². The molecule has 3 aromatic carbocycles. The predicted octanol–water partition coefficient (Wildman–Crippen LogP) is 5.02. The van der Waals surface area contributed by atoms with Gasteiger partial charge in [-0.1, -0.05) is 25.5 Å². The monoisotopic (exact) mass is 378 g/mol. The molecule has 144 valence electrons. The first-order valence-corrected chi connectivity index (χ1v) is 9.18. The highest BCUT2D eigenvalue weighted by atomic mass is 16.5. The van der Waals surface area contributed by atoms with Crippen molar-refractivity contribution >= 4 is 22.7 Å². The standard InChI is InChI=1S/C23H22O5/c1-3-4-13-27-21-12-9-17-14-19(6-5-18(17)15-21)23(25)28-20-10-7-16(8-11-20)22(24)26-2/h5-12,14-15H,3-4,13H2,1-2H3. The first-order chi connectivity index (χ1) is 13.6. The molecule has 0 fully saturated rings. The normalized spacial score (nSPS) is 10.5. The molecule has 0 N–H and O–H groups in total. The van der Waals surface area contributed by atoms with Crippen LogP contribution in [0.2, 0.25) is 0 Å². The third-order valence-electron chi connectivity index (χ3n) is 4.30.